The molecule has 1 aromatic heterocycles. The molecular weight excluding hydrogens is 518 g/mol. The molecule has 0 saturated carbocycles. The highest BCUT2D eigenvalue weighted by molar-refractivity contribution is 5.67. The van der Waals surface area contributed by atoms with Crippen molar-refractivity contribution in [2.24, 2.45) is 0 Å². The van der Waals surface area contributed by atoms with Gasteiger partial charge in [-0.2, -0.15) is 23.4 Å². The van der Waals surface area contributed by atoms with Crippen LogP contribution in [-0.4, -0.2) is 16.7 Å². The maximum Gasteiger partial charge on any atom is 0.419 e. The molecule has 0 aliphatic carbocycles. The summed E-state index contributed by atoms with van der Waals surface area (Å²) in [6, 6.07) is 15.8. The van der Waals surface area contributed by atoms with Crippen molar-refractivity contribution in [2.45, 2.75) is 25.7 Å². The number of ether oxygens (including phenoxy) is 3. The van der Waals surface area contributed by atoms with E-state index in [2.05, 4.69) is 4.98 Å². The van der Waals surface area contributed by atoms with Gasteiger partial charge >= 0.3 is 11.9 Å². The van der Waals surface area contributed by atoms with Crippen LogP contribution in [0.25, 0.3) is 11.3 Å². The molecule has 0 spiro atoms. The molecule has 39 heavy (non-hydrogen) atoms. The standard InChI is InChI=1S/C28H19F4N3O4/c1-37-19-3-5-21-17(11-19)8-9-35-24(21)13-26(34-27(35)36)38-15-16-2-7-25(18(10-16)14-33)39-20-4-6-23(29)22(12-20)28(30,31)32/h2-7,10-13H,8-9,15H2,1H3. The van der Waals surface area contributed by atoms with Crippen LogP contribution in [-0.2, 0) is 25.7 Å². The van der Waals surface area contributed by atoms with Crippen molar-refractivity contribution in [1.82, 2.24) is 9.55 Å². The zero-order valence-corrected chi connectivity index (χ0v) is 20.4. The van der Waals surface area contributed by atoms with Crippen LogP contribution in [0.15, 0.2) is 65.5 Å². The number of methoxy groups -OCH3 is 1. The Hall–Kier alpha value is -4.85. The van der Waals surface area contributed by atoms with E-state index in [9.17, 15) is 27.6 Å². The van der Waals surface area contributed by atoms with Gasteiger partial charge in [0.25, 0.3) is 0 Å². The van der Waals surface area contributed by atoms with E-state index in [0.717, 1.165) is 22.9 Å². The molecular formula is C28H19F4N3O4. The summed E-state index contributed by atoms with van der Waals surface area (Å²) in [5.74, 6) is -0.906. The first-order valence-corrected chi connectivity index (χ1v) is 11.7. The minimum atomic E-state index is -4.90. The third-order valence-electron chi connectivity index (χ3n) is 6.20. The number of benzene rings is 3. The Morgan fingerprint density at radius 2 is 1.85 bits per heavy atom. The molecule has 4 aromatic rings. The third kappa shape index (κ3) is 5.27. The van der Waals surface area contributed by atoms with Crippen LogP contribution in [0, 0.1) is 17.1 Å². The van der Waals surface area contributed by atoms with E-state index in [0.29, 0.717) is 36.4 Å². The average Bonchev–Trinajstić information content (AvgIpc) is 2.92. The lowest BCUT2D eigenvalue weighted by Crippen LogP contribution is -2.28. The Bertz CT molecular complexity index is 1680. The van der Waals surface area contributed by atoms with Crippen LogP contribution < -0.4 is 19.9 Å². The third-order valence-corrected chi connectivity index (χ3v) is 6.20. The normalized spacial score (nSPS) is 12.2. The number of nitrogens with zero attached hydrogens (tertiary/aromatic N) is 3. The van der Waals surface area contributed by atoms with E-state index in [4.69, 9.17) is 14.2 Å². The number of alkyl halides is 3. The number of aryl methyl sites for hydroxylation is 1. The number of hydrogen-bond acceptors (Lipinski definition) is 6. The number of nitriles is 1. The second-order valence-electron chi connectivity index (χ2n) is 8.66. The Balaban J connectivity index is 1.35. The number of rotatable bonds is 6. The minimum absolute atomic E-state index is 0.0156. The summed E-state index contributed by atoms with van der Waals surface area (Å²) in [7, 11) is 1.59. The van der Waals surface area contributed by atoms with Crippen LogP contribution >= 0.6 is 0 Å². The van der Waals surface area contributed by atoms with Gasteiger partial charge in [0.1, 0.15) is 35.7 Å². The van der Waals surface area contributed by atoms with E-state index in [1.54, 1.807) is 23.8 Å². The van der Waals surface area contributed by atoms with E-state index in [-0.39, 0.29) is 29.5 Å². The zero-order valence-electron chi connectivity index (χ0n) is 20.4. The SMILES string of the molecule is COc1ccc2c(c1)CCn1c-2cc(OCc2ccc(Oc3ccc(F)c(C(F)(F)F)c3)c(C#N)c2)nc1=O. The molecule has 1 aliphatic rings. The number of halogens is 4. The second-order valence-corrected chi connectivity index (χ2v) is 8.66. The maximum atomic E-state index is 13.6. The predicted octanol–water partition coefficient (Wildman–Crippen LogP) is 5.88. The highest BCUT2D eigenvalue weighted by Gasteiger charge is 2.34. The van der Waals surface area contributed by atoms with E-state index in [1.807, 2.05) is 24.3 Å². The maximum absolute atomic E-state index is 13.6. The first-order chi connectivity index (χ1) is 18.7. The molecule has 3 aromatic carbocycles. The van der Waals surface area contributed by atoms with Crippen LogP contribution in [0.4, 0.5) is 17.6 Å². The fraction of sp³-hybridized carbons (Fsp3) is 0.179. The van der Waals surface area contributed by atoms with E-state index in [1.165, 1.54) is 12.1 Å². The quantitative estimate of drug-likeness (QED) is 0.286. The number of fused-ring (bicyclic) bond motifs is 3. The molecule has 7 nitrogen and oxygen atoms in total. The molecule has 1 aliphatic heterocycles. The van der Waals surface area contributed by atoms with Crippen LogP contribution in [0.3, 0.4) is 0 Å². The summed E-state index contributed by atoms with van der Waals surface area (Å²) in [6.45, 7) is 0.419. The van der Waals surface area contributed by atoms with Gasteiger partial charge in [-0.15, -0.1) is 0 Å². The van der Waals surface area contributed by atoms with Gasteiger partial charge in [-0.1, -0.05) is 6.07 Å². The van der Waals surface area contributed by atoms with Crippen molar-refractivity contribution in [3.05, 3.63) is 99.2 Å². The van der Waals surface area contributed by atoms with Gasteiger partial charge < -0.3 is 14.2 Å². The summed E-state index contributed by atoms with van der Waals surface area (Å²) in [4.78, 5) is 16.7. The van der Waals surface area contributed by atoms with Gasteiger partial charge in [0, 0.05) is 18.2 Å². The van der Waals surface area contributed by atoms with Crippen LogP contribution in [0.1, 0.15) is 22.3 Å². The Morgan fingerprint density at radius 3 is 2.59 bits per heavy atom. The van der Waals surface area contributed by atoms with Crippen molar-refractivity contribution in [2.75, 3.05) is 7.11 Å². The van der Waals surface area contributed by atoms with Gasteiger partial charge in [0.2, 0.25) is 5.88 Å². The highest BCUT2D eigenvalue weighted by Crippen LogP contribution is 2.36. The van der Waals surface area contributed by atoms with Crippen molar-refractivity contribution in [3.63, 3.8) is 0 Å². The van der Waals surface area contributed by atoms with E-state index >= 15 is 0 Å². The second kappa shape index (κ2) is 10.1. The molecule has 0 atom stereocenters. The molecule has 0 radical (unpaired) electrons. The topological polar surface area (TPSA) is 86.4 Å². The summed E-state index contributed by atoms with van der Waals surface area (Å²) in [5, 5.41) is 9.56. The summed E-state index contributed by atoms with van der Waals surface area (Å²) >= 11 is 0. The van der Waals surface area contributed by atoms with Crippen molar-refractivity contribution in [3.8, 4) is 40.5 Å². The molecule has 198 valence electrons. The zero-order chi connectivity index (χ0) is 27.7. The summed E-state index contributed by atoms with van der Waals surface area (Å²) in [6.07, 6.45) is -4.24. The van der Waals surface area contributed by atoms with Crippen LogP contribution in [0.2, 0.25) is 0 Å². The largest absolute Gasteiger partial charge is 0.497 e. The summed E-state index contributed by atoms with van der Waals surface area (Å²) in [5.41, 5.74) is 1.18. The Kier molecular flexibility index (Phi) is 6.70. The van der Waals surface area contributed by atoms with E-state index < -0.39 is 23.2 Å². The molecule has 0 fully saturated rings. The minimum Gasteiger partial charge on any atom is -0.497 e. The van der Waals surface area contributed by atoms with Gasteiger partial charge in [0.05, 0.1) is 23.9 Å². The van der Waals surface area contributed by atoms with Gasteiger partial charge in [-0.25, -0.2) is 9.18 Å². The van der Waals surface area contributed by atoms with Gasteiger partial charge in [0.15, 0.2) is 0 Å². The average molecular weight is 537 g/mol. The Labute approximate surface area is 219 Å². The molecule has 0 unspecified atom stereocenters. The van der Waals surface area contributed by atoms with Gasteiger partial charge in [-0.3, -0.25) is 4.57 Å². The fourth-order valence-electron chi connectivity index (χ4n) is 4.30. The molecule has 11 heteroatoms. The van der Waals surface area contributed by atoms with Crippen molar-refractivity contribution in [1.29, 1.82) is 5.26 Å². The first kappa shape index (κ1) is 25.8. The fourth-order valence-corrected chi connectivity index (χ4v) is 4.30. The molecule has 2 heterocycles. The Morgan fingerprint density at radius 1 is 1.05 bits per heavy atom. The monoisotopic (exact) mass is 537 g/mol. The smallest absolute Gasteiger partial charge is 0.419 e. The summed E-state index contributed by atoms with van der Waals surface area (Å²) < 4.78 is 70.7. The van der Waals surface area contributed by atoms with Crippen LogP contribution in [0.5, 0.6) is 23.1 Å². The number of hydrogen-bond donors (Lipinski definition) is 0. The lowest BCUT2D eigenvalue weighted by atomic mass is 9.97. The molecule has 0 saturated heterocycles. The van der Waals surface area contributed by atoms with Gasteiger partial charge in [-0.05, 0) is 66.1 Å². The lowest BCUT2D eigenvalue weighted by Gasteiger charge is -2.22. The molecule has 0 N–H and O–H groups in total. The molecule has 0 bridgehead atoms. The molecule has 5 rings (SSSR count). The van der Waals surface area contributed by atoms with Crippen molar-refractivity contribution >= 4 is 0 Å². The highest BCUT2D eigenvalue weighted by atomic mass is 19.4. The first-order valence-electron chi connectivity index (χ1n) is 11.7. The lowest BCUT2D eigenvalue weighted by molar-refractivity contribution is -0.140. The van der Waals surface area contributed by atoms with Crippen molar-refractivity contribution < 1.29 is 31.8 Å². The molecule has 0 amide bonds. The number of aromatic nitrogens is 2. The predicted molar refractivity (Wildman–Crippen MR) is 131 cm³/mol.